The average molecular weight is 410 g/mol. The van der Waals surface area contributed by atoms with E-state index in [1.165, 1.54) is 4.90 Å². The molecule has 1 atom stereocenters. The van der Waals surface area contributed by atoms with E-state index in [2.05, 4.69) is 5.32 Å². The topological polar surface area (TPSA) is 128 Å². The molecule has 158 valence electrons. The number of rotatable bonds is 8. The van der Waals surface area contributed by atoms with Crippen molar-refractivity contribution in [3.8, 4) is 11.1 Å². The van der Waals surface area contributed by atoms with Crippen LogP contribution in [0.5, 0.6) is 0 Å². The quantitative estimate of drug-likeness (QED) is 0.608. The molecule has 3 rings (SSSR count). The lowest BCUT2D eigenvalue weighted by Crippen LogP contribution is -2.44. The number of carbonyl (C=O) groups excluding carboxylic acids is 3. The molecule has 5 N–H and O–H groups in total. The van der Waals surface area contributed by atoms with E-state index in [1.807, 2.05) is 48.5 Å². The molecule has 1 aliphatic carbocycles. The van der Waals surface area contributed by atoms with Crippen molar-refractivity contribution in [2.75, 3.05) is 20.1 Å². The Bertz CT molecular complexity index is 901. The minimum atomic E-state index is -0.776. The zero-order valence-corrected chi connectivity index (χ0v) is 16.8. The second-order valence-corrected chi connectivity index (χ2v) is 7.29. The Kier molecular flexibility index (Phi) is 6.68. The maximum atomic E-state index is 12.6. The molecule has 2 aromatic carbocycles. The first kappa shape index (κ1) is 21.3. The van der Waals surface area contributed by atoms with Gasteiger partial charge in [0.25, 0.3) is 0 Å². The van der Waals surface area contributed by atoms with Crippen LogP contribution in [0.2, 0.25) is 0 Å². The lowest BCUT2D eigenvalue weighted by atomic mass is 10.1. The summed E-state index contributed by atoms with van der Waals surface area (Å²) in [5.74, 6) is -1.08. The van der Waals surface area contributed by atoms with Crippen molar-refractivity contribution in [2.24, 2.45) is 11.5 Å². The third kappa shape index (κ3) is 4.77. The molecule has 0 aliphatic heterocycles. The third-order valence-corrected chi connectivity index (χ3v) is 5.09. The van der Waals surface area contributed by atoms with Gasteiger partial charge in [-0.15, -0.1) is 0 Å². The van der Waals surface area contributed by atoms with Crippen molar-refractivity contribution >= 4 is 17.9 Å². The van der Waals surface area contributed by atoms with Crippen molar-refractivity contribution in [3.05, 3.63) is 59.7 Å². The van der Waals surface area contributed by atoms with E-state index < -0.39 is 30.1 Å². The summed E-state index contributed by atoms with van der Waals surface area (Å²) in [6.07, 6.45) is -0.0289. The molecular weight excluding hydrogens is 384 g/mol. The van der Waals surface area contributed by atoms with Crippen LogP contribution in [0.25, 0.3) is 11.1 Å². The summed E-state index contributed by atoms with van der Waals surface area (Å²) in [6.45, 7) is 0.134. The highest BCUT2D eigenvalue weighted by Gasteiger charge is 2.31. The number of carbonyl (C=O) groups is 3. The van der Waals surface area contributed by atoms with Gasteiger partial charge in [-0.2, -0.15) is 0 Å². The van der Waals surface area contributed by atoms with Crippen molar-refractivity contribution < 1.29 is 19.1 Å². The maximum absolute atomic E-state index is 12.6. The smallest absolute Gasteiger partial charge is 0.410 e. The molecule has 8 nitrogen and oxygen atoms in total. The van der Waals surface area contributed by atoms with Crippen LogP contribution in [0.15, 0.2) is 48.5 Å². The fourth-order valence-corrected chi connectivity index (χ4v) is 3.50. The Labute approximate surface area is 175 Å². The number of fused-ring (bicyclic) bond motifs is 3. The van der Waals surface area contributed by atoms with Crippen molar-refractivity contribution in [2.45, 2.75) is 25.0 Å². The molecule has 0 saturated heterocycles. The molecule has 0 spiro atoms. The highest BCUT2D eigenvalue weighted by molar-refractivity contribution is 5.86. The standard InChI is InChI=1S/C22H26N4O4/c1-26(12-6-11-18(23)21(28)25-13-19(24)27)22(29)30-20-16-9-4-2-7-14(16)15-8-3-5-10-17(15)20/h2-5,7-10,18,20H,6,11-13,23H2,1H3,(H2,24,27)(H,25,28). The van der Waals surface area contributed by atoms with Crippen LogP contribution in [-0.2, 0) is 14.3 Å². The van der Waals surface area contributed by atoms with Crippen LogP contribution in [-0.4, -0.2) is 49.0 Å². The van der Waals surface area contributed by atoms with Crippen LogP contribution in [0.1, 0.15) is 30.1 Å². The van der Waals surface area contributed by atoms with Gasteiger partial charge in [0, 0.05) is 24.7 Å². The predicted octanol–water partition coefficient (Wildman–Crippen LogP) is 1.53. The molecule has 2 aromatic rings. The molecule has 0 aromatic heterocycles. The summed E-state index contributed by atoms with van der Waals surface area (Å²) in [6, 6.07) is 15.0. The Morgan fingerprint density at radius 1 is 1.07 bits per heavy atom. The van der Waals surface area contributed by atoms with Crippen LogP contribution in [0, 0.1) is 0 Å². The van der Waals surface area contributed by atoms with Crippen LogP contribution in [0.3, 0.4) is 0 Å². The monoisotopic (exact) mass is 410 g/mol. The van der Waals surface area contributed by atoms with E-state index in [1.54, 1.807) is 7.05 Å². The minimum absolute atomic E-state index is 0.247. The number of hydrogen-bond donors (Lipinski definition) is 3. The van der Waals surface area contributed by atoms with Gasteiger partial charge < -0.3 is 26.4 Å². The van der Waals surface area contributed by atoms with Gasteiger partial charge in [-0.3, -0.25) is 9.59 Å². The number of primary amides is 1. The zero-order chi connectivity index (χ0) is 21.7. The van der Waals surface area contributed by atoms with E-state index >= 15 is 0 Å². The van der Waals surface area contributed by atoms with Crippen LogP contribution in [0.4, 0.5) is 4.79 Å². The lowest BCUT2D eigenvalue weighted by molar-refractivity contribution is -0.125. The Balaban J connectivity index is 1.54. The highest BCUT2D eigenvalue weighted by Crippen LogP contribution is 2.45. The van der Waals surface area contributed by atoms with E-state index in [9.17, 15) is 14.4 Å². The predicted molar refractivity (Wildman–Crippen MR) is 112 cm³/mol. The first-order valence-corrected chi connectivity index (χ1v) is 9.80. The summed E-state index contributed by atoms with van der Waals surface area (Å²) >= 11 is 0. The van der Waals surface area contributed by atoms with Crippen LogP contribution < -0.4 is 16.8 Å². The largest absolute Gasteiger partial charge is 0.436 e. The van der Waals surface area contributed by atoms with Crippen molar-refractivity contribution in [1.82, 2.24) is 10.2 Å². The average Bonchev–Trinajstić information content (AvgIpc) is 3.05. The number of hydrogen-bond acceptors (Lipinski definition) is 5. The number of amides is 3. The van der Waals surface area contributed by atoms with Crippen molar-refractivity contribution in [1.29, 1.82) is 0 Å². The van der Waals surface area contributed by atoms with E-state index in [0.29, 0.717) is 19.4 Å². The normalized spacial score (nSPS) is 13.1. The summed E-state index contributed by atoms with van der Waals surface area (Å²) in [7, 11) is 1.65. The number of nitrogens with two attached hydrogens (primary N) is 2. The van der Waals surface area contributed by atoms with E-state index in [-0.39, 0.29) is 6.54 Å². The highest BCUT2D eigenvalue weighted by atomic mass is 16.6. The van der Waals surface area contributed by atoms with Gasteiger partial charge in [0.05, 0.1) is 12.6 Å². The molecule has 8 heteroatoms. The van der Waals surface area contributed by atoms with Gasteiger partial charge in [-0.25, -0.2) is 4.79 Å². The summed E-state index contributed by atoms with van der Waals surface area (Å²) in [5.41, 5.74) is 14.9. The minimum Gasteiger partial charge on any atom is -0.436 e. The molecule has 0 fully saturated rings. The first-order valence-electron chi connectivity index (χ1n) is 9.80. The summed E-state index contributed by atoms with van der Waals surface area (Å²) in [4.78, 5) is 36.6. The molecule has 1 aliphatic rings. The second-order valence-electron chi connectivity index (χ2n) is 7.29. The number of nitrogens with one attached hydrogen (secondary N) is 1. The summed E-state index contributed by atoms with van der Waals surface area (Å²) in [5, 5.41) is 2.37. The third-order valence-electron chi connectivity index (χ3n) is 5.09. The maximum Gasteiger partial charge on any atom is 0.410 e. The summed E-state index contributed by atoms with van der Waals surface area (Å²) < 4.78 is 5.82. The molecule has 0 saturated carbocycles. The molecule has 0 heterocycles. The number of nitrogens with zero attached hydrogens (tertiary/aromatic N) is 1. The molecule has 3 amide bonds. The molecule has 1 unspecified atom stereocenters. The van der Waals surface area contributed by atoms with Gasteiger partial charge in [-0.1, -0.05) is 48.5 Å². The Hall–Kier alpha value is -3.39. The van der Waals surface area contributed by atoms with Crippen molar-refractivity contribution in [3.63, 3.8) is 0 Å². The molecule has 30 heavy (non-hydrogen) atoms. The molecular formula is C22H26N4O4. The number of ether oxygens (including phenoxy) is 1. The zero-order valence-electron chi connectivity index (χ0n) is 16.8. The lowest BCUT2D eigenvalue weighted by Gasteiger charge is -2.22. The van der Waals surface area contributed by atoms with E-state index in [0.717, 1.165) is 22.3 Å². The Morgan fingerprint density at radius 3 is 2.20 bits per heavy atom. The van der Waals surface area contributed by atoms with E-state index in [4.69, 9.17) is 16.2 Å². The fourth-order valence-electron chi connectivity index (χ4n) is 3.50. The number of benzene rings is 2. The molecule has 0 radical (unpaired) electrons. The SMILES string of the molecule is CN(CCCC(N)C(=O)NCC(N)=O)C(=O)OC1c2ccccc2-c2ccccc21. The van der Waals surface area contributed by atoms with Gasteiger partial charge in [0.1, 0.15) is 0 Å². The molecule has 0 bridgehead atoms. The second kappa shape index (κ2) is 9.41. The van der Waals surface area contributed by atoms with Gasteiger partial charge in [0.15, 0.2) is 6.10 Å². The first-order chi connectivity index (χ1) is 14.4. The fraction of sp³-hybridized carbons (Fsp3) is 0.318. The van der Waals surface area contributed by atoms with Gasteiger partial charge >= 0.3 is 6.09 Å². The van der Waals surface area contributed by atoms with Gasteiger partial charge in [-0.05, 0) is 24.0 Å². The Morgan fingerprint density at radius 2 is 1.63 bits per heavy atom. The van der Waals surface area contributed by atoms with Gasteiger partial charge in [0.2, 0.25) is 11.8 Å². The van der Waals surface area contributed by atoms with Crippen LogP contribution >= 0.6 is 0 Å².